The van der Waals surface area contributed by atoms with Crippen molar-refractivity contribution < 1.29 is 47.6 Å². The third-order valence-electron chi connectivity index (χ3n) is 9.52. The zero-order valence-electron chi connectivity index (χ0n) is 36.3. The number of aryl methyl sites for hydroxylation is 2. The van der Waals surface area contributed by atoms with E-state index in [1.807, 2.05) is 58.0 Å². The van der Waals surface area contributed by atoms with Crippen molar-refractivity contribution in [1.82, 2.24) is 10.6 Å². The van der Waals surface area contributed by atoms with Crippen LogP contribution in [0, 0.1) is 13.8 Å². The van der Waals surface area contributed by atoms with Gasteiger partial charge in [-0.1, -0.05) is 27.7 Å². The van der Waals surface area contributed by atoms with Crippen molar-refractivity contribution >= 4 is 56.8 Å². The number of carboxylic acid groups (broad SMARTS) is 1. The number of unbranched alkanes of at least 4 members (excludes halogenated alkanes) is 1. The molecule has 1 amide bonds. The van der Waals surface area contributed by atoms with E-state index in [9.17, 15) is 19.5 Å². The third-order valence-corrected chi connectivity index (χ3v) is 12.6. The predicted octanol–water partition coefficient (Wildman–Crippen LogP) is 8.20. The molecule has 0 atom stereocenters. The van der Waals surface area contributed by atoms with Gasteiger partial charge in [0, 0.05) is 78.4 Å². The molecular weight excluding hydrogens is 821 g/mol. The quantitative estimate of drug-likeness (QED) is 0.0135. The zero-order valence-corrected chi connectivity index (χ0v) is 38.0. The molecule has 0 aromatic heterocycles. The molecule has 1 aliphatic heterocycles. The van der Waals surface area contributed by atoms with Crippen LogP contribution in [0.3, 0.4) is 0 Å². The number of carboxylic acids is 1. The number of alkyl carbamates (subject to hydrolysis) is 1. The first kappa shape index (κ1) is 49.3. The van der Waals surface area contributed by atoms with Gasteiger partial charge in [0.25, 0.3) is 6.47 Å². The topological polar surface area (TPSA) is 179 Å². The molecule has 0 saturated carbocycles. The molecule has 2 aromatic rings. The molecule has 0 unspecified atom stereocenters. The molecule has 0 fully saturated rings. The van der Waals surface area contributed by atoms with Crippen molar-refractivity contribution in [1.29, 1.82) is 0 Å². The lowest BCUT2D eigenvalue weighted by Gasteiger charge is -2.22. The summed E-state index contributed by atoms with van der Waals surface area (Å²) in [7, 11) is 3.31. The van der Waals surface area contributed by atoms with Gasteiger partial charge in [0.2, 0.25) is 0 Å². The highest BCUT2D eigenvalue weighted by Crippen LogP contribution is 2.43. The van der Waals surface area contributed by atoms with Crippen LogP contribution in [0.25, 0.3) is 33.4 Å². The lowest BCUT2D eigenvalue weighted by molar-refractivity contribution is -0.128. The summed E-state index contributed by atoms with van der Waals surface area (Å²) in [6.07, 6.45) is 1.83. The van der Waals surface area contributed by atoms with Gasteiger partial charge in [-0.15, -0.1) is 0 Å². The first-order valence-electron chi connectivity index (χ1n) is 20.8. The highest BCUT2D eigenvalue weighted by atomic mass is 33.1. The van der Waals surface area contributed by atoms with Gasteiger partial charge in [0.1, 0.15) is 17.3 Å². The molecule has 2 aromatic carbocycles. The molecule has 0 radical (unpaired) electrons. The summed E-state index contributed by atoms with van der Waals surface area (Å²) in [5.41, 5.74) is 7.02. The molecule has 2 aliphatic rings. The molecule has 0 spiro atoms. The summed E-state index contributed by atoms with van der Waals surface area (Å²) < 4.78 is 33.3. The number of anilines is 1. The van der Waals surface area contributed by atoms with Gasteiger partial charge in [-0.05, 0) is 107 Å². The Morgan fingerprint density at radius 2 is 1.66 bits per heavy atom. The Morgan fingerprint density at radius 1 is 0.885 bits per heavy atom. The van der Waals surface area contributed by atoms with Crippen molar-refractivity contribution in [2.75, 3.05) is 83.7 Å². The van der Waals surface area contributed by atoms with E-state index in [4.69, 9.17) is 23.4 Å². The standard InChI is InChI=1S/C45H62N4O10S2/c1-7-47-38-26-40-36(23-31(38)3)42(37-24-32(4)39(48-8-2)27-41(37)59-40)35-25-33(11-12-34(35)43(51)52)28-46-14-19-54-21-22-55-20-15-49-44(53)58-18-13-45(5,6)61-60-30-57-17-10-9-16-56-29-50/h11-12,23-27,29,46-47H,7-10,13-22,28,30H2,1-6H3,(H,49,53)(H,51,52)/b48-39-. The minimum atomic E-state index is -1.01. The lowest BCUT2D eigenvalue weighted by atomic mass is 9.88. The van der Waals surface area contributed by atoms with Crippen LogP contribution in [-0.2, 0) is 35.0 Å². The number of rotatable bonds is 29. The third kappa shape index (κ3) is 16.1. The van der Waals surface area contributed by atoms with Gasteiger partial charge in [0.05, 0.1) is 50.6 Å². The number of fused-ring (bicyclic) bond motifs is 2. The van der Waals surface area contributed by atoms with E-state index in [2.05, 4.69) is 45.6 Å². The fourth-order valence-electron chi connectivity index (χ4n) is 6.42. The summed E-state index contributed by atoms with van der Waals surface area (Å²) in [6.45, 7) is 18.4. The average molecular weight is 883 g/mol. The Hall–Kier alpha value is -4.32. The van der Waals surface area contributed by atoms with Crippen molar-refractivity contribution in [2.45, 2.75) is 72.1 Å². The SMILES string of the molecule is CC/N=c1/cc2oc3cc(NCC)c(C)cc3c(-c3cc(CNCCOCCOCCNC(=O)OCCC(C)(C)SSCOCCCCOC=O)ccc3C(=O)O)c-2cc1C. The largest absolute Gasteiger partial charge is 0.478 e. The maximum absolute atomic E-state index is 12.7. The van der Waals surface area contributed by atoms with Crippen LogP contribution < -0.4 is 21.3 Å². The number of nitrogens with zero attached hydrogens (tertiary/aromatic N) is 1. The van der Waals surface area contributed by atoms with Crippen molar-refractivity contribution in [3.63, 3.8) is 0 Å². The number of nitrogens with one attached hydrogen (secondary N) is 3. The first-order valence-corrected chi connectivity index (χ1v) is 23.1. The molecule has 0 bridgehead atoms. The molecule has 0 saturated heterocycles. The highest BCUT2D eigenvalue weighted by Gasteiger charge is 2.24. The van der Waals surface area contributed by atoms with E-state index in [1.165, 1.54) is 0 Å². The number of aromatic carboxylic acids is 1. The fourth-order valence-corrected chi connectivity index (χ4v) is 8.69. The Labute approximate surface area is 367 Å². The summed E-state index contributed by atoms with van der Waals surface area (Å²) in [5, 5.41) is 21.6. The van der Waals surface area contributed by atoms with Gasteiger partial charge in [-0.25, -0.2) is 9.59 Å². The summed E-state index contributed by atoms with van der Waals surface area (Å²) in [6, 6.07) is 13.5. The number of carbonyl (C=O) groups is 3. The number of ether oxygens (including phenoxy) is 5. The molecular formula is C45H62N4O10S2. The highest BCUT2D eigenvalue weighted by molar-refractivity contribution is 8.77. The molecule has 61 heavy (non-hydrogen) atoms. The Balaban J connectivity index is 1.19. The second-order valence-electron chi connectivity index (χ2n) is 14.8. The van der Waals surface area contributed by atoms with Crippen LogP contribution in [0.15, 0.2) is 51.9 Å². The minimum Gasteiger partial charge on any atom is -0.478 e. The Bertz CT molecular complexity index is 2060. The van der Waals surface area contributed by atoms with Crippen LogP contribution in [-0.4, -0.2) is 107 Å². The second kappa shape index (κ2) is 26.2. The average Bonchev–Trinajstić information content (AvgIpc) is 3.22. The second-order valence-corrected chi connectivity index (χ2v) is 17.8. The summed E-state index contributed by atoms with van der Waals surface area (Å²) >= 11 is 0. The smallest absolute Gasteiger partial charge is 0.407 e. The molecule has 4 rings (SSSR count). The van der Waals surface area contributed by atoms with E-state index in [-0.39, 0.29) is 10.3 Å². The molecule has 4 N–H and O–H groups in total. The molecule has 334 valence electrons. The number of carbonyl (C=O) groups excluding carboxylic acids is 2. The van der Waals surface area contributed by atoms with E-state index < -0.39 is 12.1 Å². The molecule has 14 nitrogen and oxygen atoms in total. The van der Waals surface area contributed by atoms with Gasteiger partial charge in [-0.2, -0.15) is 0 Å². The van der Waals surface area contributed by atoms with Crippen LogP contribution in [0.1, 0.15) is 74.0 Å². The Kier molecular flexibility index (Phi) is 21.2. The molecule has 16 heteroatoms. The van der Waals surface area contributed by atoms with Gasteiger partial charge in [-0.3, -0.25) is 9.79 Å². The van der Waals surface area contributed by atoms with E-state index >= 15 is 0 Å². The summed E-state index contributed by atoms with van der Waals surface area (Å²) in [4.78, 5) is 39.6. The number of hydrogen-bond donors (Lipinski definition) is 4. The Morgan fingerprint density at radius 3 is 2.39 bits per heavy atom. The lowest BCUT2D eigenvalue weighted by Crippen LogP contribution is -2.29. The van der Waals surface area contributed by atoms with E-state index in [0.717, 1.165) is 63.6 Å². The van der Waals surface area contributed by atoms with Crippen molar-refractivity contribution in [2.24, 2.45) is 4.99 Å². The van der Waals surface area contributed by atoms with Crippen molar-refractivity contribution in [3.05, 3.63) is 70.1 Å². The molecule has 1 heterocycles. The molecule has 1 aliphatic carbocycles. The monoisotopic (exact) mass is 882 g/mol. The first-order chi connectivity index (χ1) is 29.5. The van der Waals surface area contributed by atoms with Crippen LogP contribution in [0.5, 0.6) is 0 Å². The maximum Gasteiger partial charge on any atom is 0.407 e. The van der Waals surface area contributed by atoms with E-state index in [0.29, 0.717) is 108 Å². The number of amides is 1. The van der Waals surface area contributed by atoms with Gasteiger partial charge >= 0.3 is 12.1 Å². The summed E-state index contributed by atoms with van der Waals surface area (Å²) in [5.74, 6) is 0.187. The minimum absolute atomic E-state index is 0.0983. The van der Waals surface area contributed by atoms with Crippen LogP contribution >= 0.6 is 21.6 Å². The normalized spacial score (nSPS) is 11.9. The maximum atomic E-state index is 12.7. The fraction of sp³-hybridized carbons (Fsp3) is 0.511. The number of hydrogen-bond acceptors (Lipinski definition) is 14. The van der Waals surface area contributed by atoms with Crippen LogP contribution in [0.4, 0.5) is 10.5 Å². The van der Waals surface area contributed by atoms with E-state index in [1.54, 1.807) is 27.7 Å². The number of benzene rings is 3. The van der Waals surface area contributed by atoms with Gasteiger partial charge in [0.15, 0.2) is 0 Å². The zero-order chi connectivity index (χ0) is 44.0. The van der Waals surface area contributed by atoms with Gasteiger partial charge < -0.3 is 49.2 Å². The van der Waals surface area contributed by atoms with Crippen LogP contribution in [0.2, 0.25) is 0 Å². The van der Waals surface area contributed by atoms with Crippen molar-refractivity contribution in [3.8, 4) is 22.5 Å². The predicted molar refractivity (Wildman–Crippen MR) is 244 cm³/mol.